The van der Waals surface area contributed by atoms with E-state index in [0.29, 0.717) is 24.6 Å². The Morgan fingerprint density at radius 1 is 1.47 bits per heavy atom. The number of aryl methyl sites for hydroxylation is 1. The highest BCUT2D eigenvalue weighted by Crippen LogP contribution is 2.40. The number of hydrogen-bond donors (Lipinski definition) is 0. The van der Waals surface area contributed by atoms with Crippen LogP contribution in [0.3, 0.4) is 0 Å². The summed E-state index contributed by atoms with van der Waals surface area (Å²) in [5, 5.41) is 7.94. The lowest BCUT2D eigenvalue weighted by atomic mass is 9.75. The van der Waals surface area contributed by atoms with Gasteiger partial charge in [0.25, 0.3) is 0 Å². The summed E-state index contributed by atoms with van der Waals surface area (Å²) in [4.78, 5) is 0. The third-order valence-corrected chi connectivity index (χ3v) is 6.65. The molecule has 0 bridgehead atoms. The van der Waals surface area contributed by atoms with Gasteiger partial charge in [-0.3, -0.25) is 4.68 Å². The van der Waals surface area contributed by atoms with Gasteiger partial charge in [-0.15, -0.1) is 28.3 Å². The van der Waals surface area contributed by atoms with Crippen LogP contribution in [0.2, 0.25) is 0 Å². The molecule has 1 atom stereocenters. The molecule has 1 aromatic heterocycles. The SMILES string of the molecule is Cn1cc(CC(CCl)(CCl)C2CCS(=O)(=O)C2)nn1. The topological polar surface area (TPSA) is 64.8 Å². The van der Waals surface area contributed by atoms with Crippen molar-refractivity contribution < 1.29 is 8.42 Å². The lowest BCUT2D eigenvalue weighted by molar-refractivity contribution is 0.242. The number of halogens is 2. The minimum absolute atomic E-state index is 0.00509. The van der Waals surface area contributed by atoms with Gasteiger partial charge < -0.3 is 0 Å². The normalized spacial score (nSPS) is 22.8. The van der Waals surface area contributed by atoms with Gasteiger partial charge in [0, 0.05) is 36.8 Å². The molecular formula is C11H17Cl2N3O2S. The van der Waals surface area contributed by atoms with Crippen molar-refractivity contribution in [3.05, 3.63) is 11.9 Å². The van der Waals surface area contributed by atoms with Crippen molar-refractivity contribution in [3.8, 4) is 0 Å². The monoisotopic (exact) mass is 325 g/mol. The van der Waals surface area contributed by atoms with Crippen LogP contribution in [0.4, 0.5) is 0 Å². The number of sulfone groups is 1. The van der Waals surface area contributed by atoms with E-state index in [1.165, 1.54) is 0 Å². The van der Waals surface area contributed by atoms with Crippen LogP contribution in [0, 0.1) is 11.3 Å². The first kappa shape index (κ1) is 15.1. The molecule has 108 valence electrons. The first-order chi connectivity index (χ1) is 8.91. The van der Waals surface area contributed by atoms with Gasteiger partial charge in [0.1, 0.15) is 0 Å². The van der Waals surface area contributed by atoms with E-state index in [1.807, 2.05) is 6.20 Å². The molecule has 1 aliphatic heterocycles. The lowest BCUT2D eigenvalue weighted by Gasteiger charge is -2.34. The van der Waals surface area contributed by atoms with E-state index in [-0.39, 0.29) is 17.4 Å². The number of rotatable bonds is 5. The third kappa shape index (κ3) is 3.23. The van der Waals surface area contributed by atoms with Gasteiger partial charge in [-0.05, 0) is 12.3 Å². The minimum Gasteiger partial charge on any atom is -0.255 e. The second-order valence-electron chi connectivity index (χ2n) is 5.29. The van der Waals surface area contributed by atoms with Crippen LogP contribution < -0.4 is 0 Å². The van der Waals surface area contributed by atoms with E-state index in [2.05, 4.69) is 10.3 Å². The molecule has 2 rings (SSSR count). The zero-order chi connectivity index (χ0) is 14.1. The maximum Gasteiger partial charge on any atom is 0.150 e. The van der Waals surface area contributed by atoms with E-state index in [1.54, 1.807) is 11.7 Å². The third-order valence-electron chi connectivity index (χ3n) is 3.81. The van der Waals surface area contributed by atoms with Crippen LogP contribution in [0.15, 0.2) is 6.20 Å². The molecule has 0 radical (unpaired) electrons. The predicted octanol–water partition coefficient (Wildman–Crippen LogP) is 1.26. The van der Waals surface area contributed by atoms with Gasteiger partial charge in [-0.25, -0.2) is 8.42 Å². The molecule has 1 aromatic rings. The fourth-order valence-corrected chi connectivity index (χ4v) is 5.46. The van der Waals surface area contributed by atoms with Crippen LogP contribution in [0.1, 0.15) is 12.1 Å². The fourth-order valence-electron chi connectivity index (χ4n) is 2.61. The van der Waals surface area contributed by atoms with Crippen LogP contribution in [-0.2, 0) is 23.3 Å². The van der Waals surface area contributed by atoms with Gasteiger partial charge in [0.15, 0.2) is 9.84 Å². The highest BCUT2D eigenvalue weighted by molar-refractivity contribution is 7.91. The maximum atomic E-state index is 11.7. The van der Waals surface area contributed by atoms with E-state index >= 15 is 0 Å². The Morgan fingerprint density at radius 3 is 2.58 bits per heavy atom. The van der Waals surface area contributed by atoms with Crippen LogP contribution in [0.25, 0.3) is 0 Å². The molecule has 19 heavy (non-hydrogen) atoms. The highest BCUT2D eigenvalue weighted by Gasteiger charge is 2.44. The fraction of sp³-hybridized carbons (Fsp3) is 0.818. The second kappa shape index (κ2) is 5.58. The molecular weight excluding hydrogens is 309 g/mol. The molecule has 8 heteroatoms. The summed E-state index contributed by atoms with van der Waals surface area (Å²) in [6.07, 6.45) is 3.01. The van der Waals surface area contributed by atoms with Crippen molar-refractivity contribution >= 4 is 33.0 Å². The van der Waals surface area contributed by atoms with Gasteiger partial charge in [0.2, 0.25) is 0 Å². The molecule has 1 fully saturated rings. The first-order valence-electron chi connectivity index (χ1n) is 6.08. The Hall–Kier alpha value is -0.330. The average Bonchev–Trinajstić information content (AvgIpc) is 2.92. The van der Waals surface area contributed by atoms with Crippen molar-refractivity contribution in [1.29, 1.82) is 0 Å². The zero-order valence-electron chi connectivity index (χ0n) is 10.7. The molecule has 1 saturated heterocycles. The number of aromatic nitrogens is 3. The molecule has 0 aliphatic carbocycles. The molecule has 0 spiro atoms. The zero-order valence-corrected chi connectivity index (χ0v) is 13.0. The van der Waals surface area contributed by atoms with Crippen molar-refractivity contribution in [2.45, 2.75) is 12.8 Å². The van der Waals surface area contributed by atoms with E-state index < -0.39 is 15.3 Å². The molecule has 1 unspecified atom stereocenters. The molecule has 1 aliphatic rings. The summed E-state index contributed by atoms with van der Waals surface area (Å²) in [6.45, 7) is 0. The van der Waals surface area contributed by atoms with Crippen LogP contribution >= 0.6 is 23.2 Å². The first-order valence-corrected chi connectivity index (χ1v) is 8.97. The minimum atomic E-state index is -2.94. The van der Waals surface area contributed by atoms with Crippen molar-refractivity contribution in [1.82, 2.24) is 15.0 Å². The van der Waals surface area contributed by atoms with E-state index in [4.69, 9.17) is 23.2 Å². The standard InChI is InChI=1S/C11H17Cl2N3O2S/c1-16-5-10(14-15-16)4-11(7-12,8-13)9-2-3-19(17,18)6-9/h5,9H,2-4,6-8H2,1H3. The average molecular weight is 326 g/mol. The predicted molar refractivity (Wildman–Crippen MR) is 75.3 cm³/mol. The molecule has 5 nitrogen and oxygen atoms in total. The molecule has 0 N–H and O–H groups in total. The Bertz CT molecular complexity index is 540. The summed E-state index contributed by atoms with van der Waals surface area (Å²) in [7, 11) is -1.15. The summed E-state index contributed by atoms with van der Waals surface area (Å²) < 4.78 is 24.9. The van der Waals surface area contributed by atoms with Gasteiger partial charge in [-0.2, -0.15) is 0 Å². The van der Waals surface area contributed by atoms with Crippen molar-refractivity contribution in [2.75, 3.05) is 23.3 Å². The number of nitrogens with zero attached hydrogens (tertiary/aromatic N) is 3. The Labute approximate surface area is 123 Å². The van der Waals surface area contributed by atoms with Crippen molar-refractivity contribution in [3.63, 3.8) is 0 Å². The van der Waals surface area contributed by atoms with Crippen LogP contribution in [-0.4, -0.2) is 46.7 Å². The lowest BCUT2D eigenvalue weighted by Crippen LogP contribution is -2.37. The molecule has 0 aromatic carbocycles. The van der Waals surface area contributed by atoms with Crippen LogP contribution in [0.5, 0.6) is 0 Å². The summed E-state index contributed by atoms with van der Waals surface area (Å²) in [5.41, 5.74) is 0.371. The van der Waals surface area contributed by atoms with E-state index in [9.17, 15) is 8.42 Å². The van der Waals surface area contributed by atoms with Gasteiger partial charge in [-0.1, -0.05) is 5.21 Å². The quantitative estimate of drug-likeness (QED) is 0.764. The number of alkyl halides is 2. The maximum absolute atomic E-state index is 11.7. The van der Waals surface area contributed by atoms with Crippen molar-refractivity contribution in [2.24, 2.45) is 18.4 Å². The Balaban J connectivity index is 2.22. The summed E-state index contributed by atoms with van der Waals surface area (Å²) in [5.74, 6) is 1.05. The Morgan fingerprint density at radius 2 is 2.16 bits per heavy atom. The summed E-state index contributed by atoms with van der Waals surface area (Å²) >= 11 is 12.2. The van der Waals surface area contributed by atoms with Gasteiger partial charge in [0.05, 0.1) is 17.2 Å². The summed E-state index contributed by atoms with van der Waals surface area (Å²) in [6, 6.07) is 0. The number of hydrogen-bond acceptors (Lipinski definition) is 4. The molecule has 0 saturated carbocycles. The molecule has 2 heterocycles. The Kier molecular flexibility index (Phi) is 4.42. The van der Waals surface area contributed by atoms with E-state index in [0.717, 1.165) is 5.69 Å². The smallest absolute Gasteiger partial charge is 0.150 e. The largest absolute Gasteiger partial charge is 0.255 e. The highest BCUT2D eigenvalue weighted by atomic mass is 35.5. The molecule has 0 amide bonds. The van der Waals surface area contributed by atoms with Gasteiger partial charge >= 0.3 is 0 Å². The second-order valence-corrected chi connectivity index (χ2v) is 8.05.